The number of fused-ring (bicyclic) bond motifs is 3. The fourth-order valence-electron chi connectivity index (χ4n) is 4.36. The first-order valence-corrected chi connectivity index (χ1v) is 11.4. The standard InChI is InChI=1S/C26H19ClF3N3O3/c27-19-11-16(26(28,29)30)13-32-24(19)36-23-8-4-3-7-20(23)31-14-18-22(34)12-21-17-6-2-1-5-15(17)9-10-33(21)25(18)35/h1-8,11,13-14,21,34H,9-10,12H2. The molecule has 36 heavy (non-hydrogen) atoms. The molecule has 0 fully saturated rings. The third-order valence-electron chi connectivity index (χ3n) is 6.14. The Bertz CT molecular complexity index is 1400. The molecule has 0 bridgehead atoms. The van der Waals surface area contributed by atoms with Crippen molar-refractivity contribution in [1.29, 1.82) is 0 Å². The lowest BCUT2D eigenvalue weighted by Gasteiger charge is -2.40. The van der Waals surface area contributed by atoms with E-state index in [1.165, 1.54) is 12.3 Å². The van der Waals surface area contributed by atoms with Gasteiger partial charge in [-0.2, -0.15) is 13.2 Å². The molecule has 1 atom stereocenters. The van der Waals surface area contributed by atoms with Crippen LogP contribution in [0.15, 0.2) is 77.1 Å². The number of alkyl halides is 3. The summed E-state index contributed by atoms with van der Waals surface area (Å²) in [5.41, 5.74) is 1.54. The van der Waals surface area contributed by atoms with Gasteiger partial charge in [0.25, 0.3) is 5.91 Å². The van der Waals surface area contributed by atoms with E-state index in [1.807, 2.05) is 24.3 Å². The number of aliphatic hydroxyl groups excluding tert-OH is 1. The highest BCUT2D eigenvalue weighted by Crippen LogP contribution is 2.40. The number of carbonyl (C=O) groups is 1. The van der Waals surface area contributed by atoms with Gasteiger partial charge in [0.2, 0.25) is 5.88 Å². The number of aliphatic imine (C=N–C) groups is 1. The number of ether oxygens (including phenoxy) is 1. The molecular weight excluding hydrogens is 495 g/mol. The smallest absolute Gasteiger partial charge is 0.417 e. The molecule has 10 heteroatoms. The maximum absolute atomic E-state index is 13.2. The number of pyridine rings is 1. The second-order valence-corrected chi connectivity index (χ2v) is 8.77. The fraction of sp³-hybridized carbons (Fsp3) is 0.192. The summed E-state index contributed by atoms with van der Waals surface area (Å²) in [5, 5.41) is 10.4. The molecule has 3 heterocycles. The summed E-state index contributed by atoms with van der Waals surface area (Å²) in [5.74, 6) is -0.450. The molecule has 2 aliphatic rings. The van der Waals surface area contributed by atoms with E-state index in [0.29, 0.717) is 12.7 Å². The van der Waals surface area contributed by atoms with Gasteiger partial charge in [-0.15, -0.1) is 0 Å². The lowest BCUT2D eigenvalue weighted by atomic mass is 9.86. The van der Waals surface area contributed by atoms with Gasteiger partial charge in [0.1, 0.15) is 16.5 Å². The molecule has 0 saturated heterocycles. The second kappa shape index (κ2) is 9.31. The van der Waals surface area contributed by atoms with Crippen molar-refractivity contribution in [3.63, 3.8) is 0 Å². The van der Waals surface area contributed by atoms with Crippen molar-refractivity contribution in [3.8, 4) is 11.6 Å². The summed E-state index contributed by atoms with van der Waals surface area (Å²) in [7, 11) is 0. The van der Waals surface area contributed by atoms with Crippen molar-refractivity contribution in [3.05, 3.63) is 93.8 Å². The molecular formula is C26H19ClF3N3O3. The second-order valence-electron chi connectivity index (χ2n) is 8.36. The highest BCUT2D eigenvalue weighted by Gasteiger charge is 2.37. The summed E-state index contributed by atoms with van der Waals surface area (Å²) in [6.45, 7) is 0.531. The summed E-state index contributed by atoms with van der Waals surface area (Å²) >= 11 is 5.96. The van der Waals surface area contributed by atoms with E-state index < -0.39 is 11.7 Å². The molecule has 1 unspecified atom stereocenters. The first-order valence-electron chi connectivity index (χ1n) is 11.1. The molecule has 0 spiro atoms. The summed E-state index contributed by atoms with van der Waals surface area (Å²) < 4.78 is 44.3. The zero-order chi connectivity index (χ0) is 25.4. The lowest BCUT2D eigenvalue weighted by Crippen LogP contribution is -2.44. The van der Waals surface area contributed by atoms with Crippen molar-refractivity contribution in [2.75, 3.05) is 6.54 Å². The number of hydrogen-bond acceptors (Lipinski definition) is 5. The van der Waals surface area contributed by atoms with E-state index >= 15 is 0 Å². The van der Waals surface area contributed by atoms with E-state index in [9.17, 15) is 23.1 Å². The quantitative estimate of drug-likeness (QED) is 0.399. The van der Waals surface area contributed by atoms with Crippen molar-refractivity contribution < 1.29 is 27.8 Å². The maximum Gasteiger partial charge on any atom is 0.417 e. The van der Waals surface area contributed by atoms with Crippen LogP contribution in [0.3, 0.4) is 0 Å². The minimum atomic E-state index is -4.59. The van der Waals surface area contributed by atoms with Gasteiger partial charge >= 0.3 is 6.18 Å². The number of benzene rings is 2. The van der Waals surface area contributed by atoms with Crippen LogP contribution in [0, 0.1) is 0 Å². The molecule has 0 radical (unpaired) electrons. The van der Waals surface area contributed by atoms with Gasteiger partial charge in [-0.25, -0.2) is 4.98 Å². The van der Waals surface area contributed by atoms with Crippen molar-refractivity contribution in [1.82, 2.24) is 9.88 Å². The van der Waals surface area contributed by atoms with Crippen LogP contribution in [-0.4, -0.2) is 33.7 Å². The Kier molecular flexibility index (Phi) is 6.17. The largest absolute Gasteiger partial charge is 0.511 e. The van der Waals surface area contributed by atoms with Crippen LogP contribution >= 0.6 is 11.6 Å². The van der Waals surface area contributed by atoms with E-state index in [4.69, 9.17) is 16.3 Å². The zero-order valence-corrected chi connectivity index (χ0v) is 19.4. The molecule has 3 aromatic rings. The Morgan fingerprint density at radius 3 is 2.69 bits per heavy atom. The molecule has 5 rings (SSSR count). The van der Waals surface area contributed by atoms with Gasteiger partial charge in [0.15, 0.2) is 5.75 Å². The van der Waals surface area contributed by atoms with Crippen LogP contribution in [0.25, 0.3) is 0 Å². The number of para-hydroxylation sites is 2. The van der Waals surface area contributed by atoms with Crippen LogP contribution in [0.1, 0.15) is 29.2 Å². The van der Waals surface area contributed by atoms with Crippen LogP contribution in [0.4, 0.5) is 18.9 Å². The van der Waals surface area contributed by atoms with Gasteiger partial charge in [-0.3, -0.25) is 9.79 Å². The number of carbonyl (C=O) groups excluding carboxylic acids is 1. The molecule has 184 valence electrons. The van der Waals surface area contributed by atoms with E-state index in [2.05, 4.69) is 9.98 Å². The molecule has 1 amide bonds. The van der Waals surface area contributed by atoms with Crippen LogP contribution < -0.4 is 4.74 Å². The minimum absolute atomic E-state index is 0.0625. The molecule has 0 aliphatic carbocycles. The van der Waals surface area contributed by atoms with E-state index in [1.54, 1.807) is 23.1 Å². The van der Waals surface area contributed by atoms with Gasteiger partial charge in [0, 0.05) is 25.4 Å². The normalized spacial score (nSPS) is 17.8. The monoisotopic (exact) mass is 513 g/mol. The number of hydrogen-bond donors (Lipinski definition) is 1. The number of aromatic nitrogens is 1. The highest BCUT2D eigenvalue weighted by atomic mass is 35.5. The molecule has 2 aromatic carbocycles. The van der Waals surface area contributed by atoms with Gasteiger partial charge in [-0.05, 0) is 35.7 Å². The predicted molar refractivity (Wildman–Crippen MR) is 128 cm³/mol. The highest BCUT2D eigenvalue weighted by molar-refractivity contribution is 6.31. The Morgan fingerprint density at radius 1 is 1.17 bits per heavy atom. The SMILES string of the molecule is O=C1C(C=Nc2ccccc2Oc2ncc(C(F)(F)F)cc2Cl)=C(O)CC2c3ccccc3CCN12. The van der Waals surface area contributed by atoms with Crippen LogP contribution in [0.2, 0.25) is 5.02 Å². The predicted octanol–water partition coefficient (Wildman–Crippen LogP) is 6.59. The molecule has 0 saturated carbocycles. The van der Waals surface area contributed by atoms with Gasteiger partial charge in [-0.1, -0.05) is 48.0 Å². The van der Waals surface area contributed by atoms with E-state index in [0.717, 1.165) is 23.6 Å². The first kappa shape index (κ1) is 23.9. The van der Waals surface area contributed by atoms with Gasteiger partial charge < -0.3 is 14.7 Å². The Labute approximate surface area is 209 Å². The average Bonchev–Trinajstić information content (AvgIpc) is 2.85. The number of nitrogens with zero attached hydrogens (tertiary/aromatic N) is 3. The number of halogens is 4. The topological polar surface area (TPSA) is 75.0 Å². The first-order chi connectivity index (χ1) is 17.2. The number of rotatable bonds is 4. The van der Waals surface area contributed by atoms with Crippen molar-refractivity contribution in [2.45, 2.75) is 25.1 Å². The number of amides is 1. The summed E-state index contributed by atoms with van der Waals surface area (Å²) in [6.07, 6.45) is -1.69. The van der Waals surface area contributed by atoms with Crippen molar-refractivity contribution >= 4 is 29.4 Å². The minimum Gasteiger partial charge on any atom is -0.511 e. The Hall–Kier alpha value is -3.85. The van der Waals surface area contributed by atoms with Crippen LogP contribution in [-0.2, 0) is 17.4 Å². The molecule has 2 aliphatic heterocycles. The van der Waals surface area contributed by atoms with Crippen LogP contribution in [0.5, 0.6) is 11.6 Å². The lowest BCUT2D eigenvalue weighted by molar-refractivity contribution is -0.137. The maximum atomic E-state index is 13.2. The molecule has 1 N–H and O–H groups in total. The fourth-order valence-corrected chi connectivity index (χ4v) is 4.56. The Balaban J connectivity index is 1.40. The van der Waals surface area contributed by atoms with Gasteiger partial charge in [0.05, 0.1) is 17.2 Å². The van der Waals surface area contributed by atoms with E-state index in [-0.39, 0.29) is 52.0 Å². The zero-order valence-electron chi connectivity index (χ0n) is 18.7. The Morgan fingerprint density at radius 2 is 1.92 bits per heavy atom. The summed E-state index contributed by atoms with van der Waals surface area (Å²) in [6, 6.07) is 14.8. The average molecular weight is 514 g/mol. The summed E-state index contributed by atoms with van der Waals surface area (Å²) in [4.78, 5) is 22.9. The molecule has 1 aromatic heterocycles. The molecule has 6 nitrogen and oxygen atoms in total. The number of aliphatic hydroxyl groups is 1. The van der Waals surface area contributed by atoms with Crippen molar-refractivity contribution in [2.24, 2.45) is 4.99 Å². The third kappa shape index (κ3) is 4.54. The third-order valence-corrected chi connectivity index (χ3v) is 6.41.